The molecule has 0 amide bonds. The molecule has 1 aliphatic heterocycles. The summed E-state index contributed by atoms with van der Waals surface area (Å²) in [5, 5.41) is 40.1. The second-order valence-corrected chi connectivity index (χ2v) is 15.1. The van der Waals surface area contributed by atoms with Crippen LogP contribution in [0.15, 0.2) is 85.1 Å². The molecule has 1 aliphatic rings. The van der Waals surface area contributed by atoms with Crippen molar-refractivity contribution in [2.45, 2.75) is 192 Å². The van der Waals surface area contributed by atoms with Gasteiger partial charge in [0.2, 0.25) is 0 Å². The van der Waals surface area contributed by atoms with Crippen molar-refractivity contribution in [2.24, 2.45) is 0 Å². The minimum absolute atomic E-state index is 0.114. The standard InChI is InChI=1S/C49H82O9/c1-3-5-7-9-11-13-15-17-18-19-20-21-22-23-24-25-27-29-31-33-35-37-39-55-41-43(42-56-49-48(54)47(53)46(52)44(40-50)58-49)57-45(51)38-36-34-32-30-28-26-16-14-12-10-8-6-4-2/h5,7,11,13-14,16-18,20-21,23-24,27,29,43-44,46-50,52-54H,3-4,6,8-10,12,15,19,22,25-26,28,30-42H2,1-2H3/b7-5-,13-11-,16-14-,18-17-,21-20-,24-23-,29-27-. The Bertz CT molecular complexity index is 1150. The Morgan fingerprint density at radius 1 is 0.569 bits per heavy atom. The van der Waals surface area contributed by atoms with Gasteiger partial charge < -0.3 is 39.4 Å². The van der Waals surface area contributed by atoms with E-state index in [1.54, 1.807) is 0 Å². The highest BCUT2D eigenvalue weighted by Crippen LogP contribution is 2.22. The van der Waals surface area contributed by atoms with E-state index in [0.29, 0.717) is 13.0 Å². The van der Waals surface area contributed by atoms with Crippen LogP contribution in [-0.4, -0.2) is 89.6 Å². The second-order valence-electron chi connectivity index (χ2n) is 15.1. The summed E-state index contributed by atoms with van der Waals surface area (Å²) < 4.78 is 22.7. The number of carbonyl (C=O) groups excluding carboxylic acids is 1. The summed E-state index contributed by atoms with van der Waals surface area (Å²) in [7, 11) is 0. The van der Waals surface area contributed by atoms with E-state index >= 15 is 0 Å². The van der Waals surface area contributed by atoms with Crippen LogP contribution >= 0.6 is 0 Å². The van der Waals surface area contributed by atoms with Crippen molar-refractivity contribution in [3.05, 3.63) is 85.1 Å². The van der Waals surface area contributed by atoms with Gasteiger partial charge in [-0.3, -0.25) is 4.79 Å². The Labute approximate surface area is 352 Å². The van der Waals surface area contributed by atoms with Gasteiger partial charge in [-0.25, -0.2) is 0 Å². The first-order valence-corrected chi connectivity index (χ1v) is 22.7. The van der Waals surface area contributed by atoms with E-state index in [2.05, 4.69) is 98.9 Å². The topological polar surface area (TPSA) is 135 Å². The van der Waals surface area contributed by atoms with Crippen molar-refractivity contribution < 1.29 is 44.2 Å². The van der Waals surface area contributed by atoms with Crippen molar-refractivity contribution in [1.29, 1.82) is 0 Å². The molecule has 58 heavy (non-hydrogen) atoms. The molecule has 1 rings (SSSR count). The van der Waals surface area contributed by atoms with E-state index < -0.39 is 43.4 Å². The fourth-order valence-electron chi connectivity index (χ4n) is 6.25. The first-order valence-electron chi connectivity index (χ1n) is 22.7. The van der Waals surface area contributed by atoms with Crippen LogP contribution < -0.4 is 0 Å². The highest BCUT2D eigenvalue weighted by molar-refractivity contribution is 5.69. The van der Waals surface area contributed by atoms with Crippen LogP contribution in [0.4, 0.5) is 0 Å². The zero-order chi connectivity index (χ0) is 42.2. The van der Waals surface area contributed by atoms with E-state index in [-0.39, 0.29) is 19.2 Å². The van der Waals surface area contributed by atoms with Crippen molar-refractivity contribution >= 4 is 5.97 Å². The van der Waals surface area contributed by atoms with E-state index in [9.17, 15) is 25.2 Å². The van der Waals surface area contributed by atoms with Crippen LogP contribution in [0.25, 0.3) is 0 Å². The molecule has 6 atom stereocenters. The number of allylic oxidation sites excluding steroid dienone is 14. The summed E-state index contributed by atoms with van der Waals surface area (Å²) in [4.78, 5) is 12.8. The van der Waals surface area contributed by atoms with E-state index in [1.165, 1.54) is 32.1 Å². The number of aliphatic hydroxyl groups excluding tert-OH is 4. The third-order valence-electron chi connectivity index (χ3n) is 9.80. The molecular weight excluding hydrogens is 733 g/mol. The summed E-state index contributed by atoms with van der Waals surface area (Å²) in [6, 6.07) is 0. The van der Waals surface area contributed by atoms with Crippen LogP contribution in [-0.2, 0) is 23.7 Å². The average Bonchev–Trinajstić information content (AvgIpc) is 3.22. The number of esters is 1. The molecule has 1 saturated heterocycles. The molecule has 0 aliphatic carbocycles. The van der Waals surface area contributed by atoms with Gasteiger partial charge in [0.15, 0.2) is 6.29 Å². The maximum Gasteiger partial charge on any atom is 0.306 e. The van der Waals surface area contributed by atoms with Gasteiger partial charge >= 0.3 is 5.97 Å². The van der Waals surface area contributed by atoms with Crippen LogP contribution in [0, 0.1) is 0 Å². The van der Waals surface area contributed by atoms with E-state index in [1.807, 2.05) is 0 Å². The molecule has 0 radical (unpaired) electrons. The minimum atomic E-state index is -1.55. The maximum absolute atomic E-state index is 12.8. The predicted molar refractivity (Wildman–Crippen MR) is 237 cm³/mol. The van der Waals surface area contributed by atoms with E-state index in [4.69, 9.17) is 18.9 Å². The third-order valence-corrected chi connectivity index (χ3v) is 9.80. The van der Waals surface area contributed by atoms with Gasteiger partial charge in [-0.2, -0.15) is 0 Å². The molecular formula is C49H82O9. The SMILES string of the molecule is CC/C=C\C/C=C\C/C=C\C/C=C\C/C=C\C/C=C\CCCCCOCC(COC1OC(CO)C(O)C(O)C1O)OC(=O)CCCCCCC/C=C\CCCCCC. The molecule has 9 heteroatoms. The van der Waals surface area contributed by atoms with Crippen molar-refractivity contribution in [2.75, 3.05) is 26.4 Å². The second kappa shape index (κ2) is 39.8. The molecule has 4 N–H and O–H groups in total. The Morgan fingerprint density at radius 2 is 1.05 bits per heavy atom. The summed E-state index contributed by atoms with van der Waals surface area (Å²) in [6.45, 7) is 4.31. The zero-order valence-corrected chi connectivity index (χ0v) is 36.3. The molecule has 1 heterocycles. The van der Waals surface area contributed by atoms with Gasteiger partial charge in [-0.15, -0.1) is 0 Å². The average molecular weight is 815 g/mol. The highest BCUT2D eigenvalue weighted by Gasteiger charge is 2.44. The van der Waals surface area contributed by atoms with Gasteiger partial charge in [0.25, 0.3) is 0 Å². The molecule has 332 valence electrons. The lowest BCUT2D eigenvalue weighted by molar-refractivity contribution is -0.305. The molecule has 0 spiro atoms. The van der Waals surface area contributed by atoms with Crippen molar-refractivity contribution in [3.63, 3.8) is 0 Å². The molecule has 0 aromatic heterocycles. The Kier molecular flexibility index (Phi) is 36.6. The van der Waals surface area contributed by atoms with Crippen molar-refractivity contribution in [1.82, 2.24) is 0 Å². The van der Waals surface area contributed by atoms with Crippen LogP contribution in [0.2, 0.25) is 0 Å². The summed E-state index contributed by atoms with van der Waals surface area (Å²) >= 11 is 0. The Balaban J connectivity index is 2.30. The lowest BCUT2D eigenvalue weighted by Crippen LogP contribution is -2.59. The fourth-order valence-corrected chi connectivity index (χ4v) is 6.25. The molecule has 0 aromatic rings. The van der Waals surface area contributed by atoms with Gasteiger partial charge in [0.1, 0.15) is 30.5 Å². The minimum Gasteiger partial charge on any atom is -0.457 e. The number of carbonyl (C=O) groups is 1. The Morgan fingerprint density at radius 3 is 1.60 bits per heavy atom. The summed E-state index contributed by atoms with van der Waals surface area (Å²) in [5.41, 5.74) is 0. The monoisotopic (exact) mass is 815 g/mol. The number of unbranched alkanes of at least 4 members (excludes halogenated alkanes) is 12. The Hall–Kier alpha value is -2.63. The molecule has 0 aromatic carbocycles. The fraction of sp³-hybridized carbons (Fsp3) is 0.694. The molecule has 0 saturated carbocycles. The first kappa shape index (κ1) is 53.4. The number of rotatable bonds is 37. The first-order chi connectivity index (χ1) is 28.4. The smallest absolute Gasteiger partial charge is 0.306 e. The maximum atomic E-state index is 12.8. The molecule has 1 fully saturated rings. The summed E-state index contributed by atoms with van der Waals surface area (Å²) in [5.74, 6) is -0.339. The quantitative estimate of drug-likeness (QED) is 0.0275. The number of aliphatic hydroxyl groups is 4. The predicted octanol–water partition coefficient (Wildman–Crippen LogP) is 10.2. The zero-order valence-electron chi connectivity index (χ0n) is 36.3. The van der Waals surface area contributed by atoms with Crippen LogP contribution in [0.1, 0.15) is 155 Å². The third kappa shape index (κ3) is 30.4. The lowest BCUT2D eigenvalue weighted by Gasteiger charge is -2.39. The van der Waals surface area contributed by atoms with Crippen LogP contribution in [0.5, 0.6) is 0 Å². The van der Waals surface area contributed by atoms with Crippen LogP contribution in [0.3, 0.4) is 0 Å². The normalized spacial score (nSPS) is 21.1. The number of hydrogen-bond acceptors (Lipinski definition) is 9. The molecule has 6 unspecified atom stereocenters. The van der Waals surface area contributed by atoms with Gasteiger partial charge in [0, 0.05) is 13.0 Å². The van der Waals surface area contributed by atoms with Gasteiger partial charge in [0.05, 0.1) is 19.8 Å². The number of ether oxygens (including phenoxy) is 4. The number of hydrogen-bond donors (Lipinski definition) is 4. The highest BCUT2D eigenvalue weighted by atomic mass is 16.7. The van der Waals surface area contributed by atoms with Crippen molar-refractivity contribution in [3.8, 4) is 0 Å². The van der Waals surface area contributed by atoms with Gasteiger partial charge in [-0.05, 0) is 89.9 Å². The largest absolute Gasteiger partial charge is 0.457 e. The summed E-state index contributed by atoms with van der Waals surface area (Å²) in [6.07, 6.45) is 46.1. The molecule has 0 bridgehead atoms. The molecule has 9 nitrogen and oxygen atoms in total. The lowest BCUT2D eigenvalue weighted by atomic mass is 9.99. The van der Waals surface area contributed by atoms with E-state index in [0.717, 1.165) is 103 Å². The van der Waals surface area contributed by atoms with Gasteiger partial charge in [-0.1, -0.05) is 144 Å².